The fourth-order valence-corrected chi connectivity index (χ4v) is 5.12. The lowest BCUT2D eigenvalue weighted by Gasteiger charge is -2.15. The third-order valence-corrected chi connectivity index (χ3v) is 6.01. The molecule has 1 heterocycles. The van der Waals surface area contributed by atoms with Gasteiger partial charge in [-0.1, -0.05) is 23.2 Å². The number of benzene rings is 1. The van der Waals surface area contributed by atoms with E-state index in [1.165, 1.54) is 12.1 Å². The molecule has 114 valence electrons. The predicted octanol–water partition coefficient (Wildman–Crippen LogP) is 3.55. The molecule has 4 nitrogen and oxygen atoms in total. The lowest BCUT2D eigenvalue weighted by Crippen LogP contribution is -2.34. The first-order valence-electron chi connectivity index (χ1n) is 6.07. The van der Waals surface area contributed by atoms with Crippen molar-refractivity contribution in [3.63, 3.8) is 0 Å². The van der Waals surface area contributed by atoms with E-state index in [1.807, 2.05) is 16.8 Å². The monoisotopic (exact) mass is 364 g/mol. The molecule has 0 saturated heterocycles. The molecular weight excluding hydrogens is 351 g/mol. The van der Waals surface area contributed by atoms with Gasteiger partial charge in [0.05, 0.1) is 10.0 Å². The molecule has 1 aromatic carbocycles. The molecule has 0 radical (unpaired) electrons. The van der Waals surface area contributed by atoms with Crippen LogP contribution in [0.5, 0.6) is 0 Å². The Kier molecular flexibility index (Phi) is 5.16. The molecule has 1 atom stereocenters. The van der Waals surface area contributed by atoms with Gasteiger partial charge < -0.3 is 5.73 Å². The van der Waals surface area contributed by atoms with Crippen molar-refractivity contribution in [2.75, 3.05) is 5.73 Å². The van der Waals surface area contributed by atoms with Gasteiger partial charge in [0.25, 0.3) is 0 Å². The van der Waals surface area contributed by atoms with Crippen molar-refractivity contribution in [3.05, 3.63) is 44.6 Å². The van der Waals surface area contributed by atoms with Crippen LogP contribution in [0.25, 0.3) is 0 Å². The van der Waals surface area contributed by atoms with Crippen molar-refractivity contribution in [2.24, 2.45) is 0 Å². The van der Waals surface area contributed by atoms with Gasteiger partial charge in [-0.3, -0.25) is 0 Å². The first kappa shape index (κ1) is 16.6. The minimum atomic E-state index is -3.81. The maximum atomic E-state index is 12.4. The molecule has 1 unspecified atom stereocenters. The van der Waals surface area contributed by atoms with Gasteiger partial charge in [0.2, 0.25) is 10.0 Å². The molecule has 2 aromatic rings. The number of halogens is 2. The topological polar surface area (TPSA) is 72.2 Å². The van der Waals surface area contributed by atoms with Gasteiger partial charge in [-0.2, -0.15) is 11.3 Å². The zero-order valence-corrected chi connectivity index (χ0v) is 14.3. The third kappa shape index (κ3) is 4.11. The number of nitrogens with one attached hydrogen (secondary N) is 1. The van der Waals surface area contributed by atoms with Crippen LogP contribution in [0.3, 0.4) is 0 Å². The second kappa shape index (κ2) is 6.54. The molecule has 0 aliphatic carbocycles. The molecule has 0 aliphatic rings. The highest BCUT2D eigenvalue weighted by molar-refractivity contribution is 7.89. The first-order chi connectivity index (χ1) is 9.79. The number of sulfonamides is 1. The summed E-state index contributed by atoms with van der Waals surface area (Å²) in [7, 11) is -3.81. The maximum Gasteiger partial charge on any atom is 0.243 e. The molecule has 1 aromatic heterocycles. The Balaban J connectivity index is 2.22. The molecule has 0 amide bonds. The summed E-state index contributed by atoms with van der Waals surface area (Å²) < 4.78 is 27.4. The Morgan fingerprint density at radius 2 is 1.95 bits per heavy atom. The summed E-state index contributed by atoms with van der Waals surface area (Å²) >= 11 is 13.5. The van der Waals surface area contributed by atoms with Crippen molar-refractivity contribution >= 4 is 50.2 Å². The quantitative estimate of drug-likeness (QED) is 0.796. The van der Waals surface area contributed by atoms with Crippen LogP contribution >= 0.6 is 34.5 Å². The number of hydrogen-bond acceptors (Lipinski definition) is 4. The van der Waals surface area contributed by atoms with Crippen LogP contribution in [0, 0.1) is 0 Å². The van der Waals surface area contributed by atoms with Crippen molar-refractivity contribution in [1.82, 2.24) is 4.72 Å². The number of nitrogens with two attached hydrogens (primary N) is 1. The zero-order valence-electron chi connectivity index (χ0n) is 11.1. The van der Waals surface area contributed by atoms with E-state index in [-0.39, 0.29) is 21.0 Å². The van der Waals surface area contributed by atoms with Gasteiger partial charge in [-0.25, -0.2) is 13.1 Å². The number of thiophene rings is 1. The molecular formula is C13H14Cl2N2O2S2. The Labute approximate surface area is 137 Å². The maximum absolute atomic E-state index is 12.4. The average Bonchev–Trinajstić information content (AvgIpc) is 2.78. The van der Waals surface area contributed by atoms with Crippen molar-refractivity contribution in [3.8, 4) is 0 Å². The minimum absolute atomic E-state index is 0.00948. The van der Waals surface area contributed by atoms with Gasteiger partial charge in [-0.15, -0.1) is 0 Å². The SMILES string of the molecule is CC(Cc1ccsc1)NS(=O)(=O)c1c(Cl)cc(N)cc1Cl. The van der Waals surface area contributed by atoms with E-state index in [9.17, 15) is 8.42 Å². The molecule has 0 aliphatic heterocycles. The van der Waals surface area contributed by atoms with Crippen LogP contribution in [0.15, 0.2) is 33.9 Å². The molecule has 2 rings (SSSR count). The van der Waals surface area contributed by atoms with E-state index < -0.39 is 10.0 Å². The molecule has 3 N–H and O–H groups in total. The number of anilines is 1. The van der Waals surface area contributed by atoms with Crippen molar-refractivity contribution in [1.29, 1.82) is 0 Å². The molecule has 8 heteroatoms. The lowest BCUT2D eigenvalue weighted by atomic mass is 10.1. The molecule has 0 bridgehead atoms. The Morgan fingerprint density at radius 3 is 2.48 bits per heavy atom. The van der Waals surface area contributed by atoms with Crippen LogP contribution in [-0.2, 0) is 16.4 Å². The third-order valence-electron chi connectivity index (χ3n) is 2.77. The molecule has 21 heavy (non-hydrogen) atoms. The van der Waals surface area contributed by atoms with E-state index >= 15 is 0 Å². The van der Waals surface area contributed by atoms with Crippen LogP contribution in [0.4, 0.5) is 5.69 Å². The molecule has 0 spiro atoms. The summed E-state index contributed by atoms with van der Waals surface area (Å²) in [5.41, 5.74) is 6.97. The Hall–Kier alpha value is -0.790. The number of hydrogen-bond donors (Lipinski definition) is 2. The van der Waals surface area contributed by atoms with Crippen LogP contribution in [-0.4, -0.2) is 14.5 Å². The minimum Gasteiger partial charge on any atom is -0.399 e. The second-order valence-corrected chi connectivity index (χ2v) is 7.92. The largest absolute Gasteiger partial charge is 0.399 e. The lowest BCUT2D eigenvalue weighted by molar-refractivity contribution is 0.560. The van der Waals surface area contributed by atoms with Gasteiger partial charge in [0, 0.05) is 11.7 Å². The standard InChI is InChI=1S/C13H14Cl2N2O2S2/c1-8(4-9-2-3-20-7-9)17-21(18,19)13-11(14)5-10(16)6-12(13)15/h2-3,5-8,17H,4,16H2,1H3. The fraction of sp³-hybridized carbons (Fsp3) is 0.231. The normalized spacial score (nSPS) is 13.3. The highest BCUT2D eigenvalue weighted by atomic mass is 35.5. The summed E-state index contributed by atoms with van der Waals surface area (Å²) in [6.45, 7) is 1.79. The summed E-state index contributed by atoms with van der Waals surface area (Å²) in [5, 5.41) is 3.95. The zero-order chi connectivity index (χ0) is 15.6. The smallest absolute Gasteiger partial charge is 0.243 e. The van der Waals surface area contributed by atoms with Gasteiger partial charge in [-0.05, 0) is 47.9 Å². The summed E-state index contributed by atoms with van der Waals surface area (Å²) in [6, 6.07) is 4.41. The van der Waals surface area contributed by atoms with Crippen molar-refractivity contribution < 1.29 is 8.42 Å². The van der Waals surface area contributed by atoms with E-state index in [1.54, 1.807) is 18.3 Å². The van der Waals surface area contributed by atoms with E-state index in [2.05, 4.69) is 4.72 Å². The van der Waals surface area contributed by atoms with Crippen molar-refractivity contribution in [2.45, 2.75) is 24.3 Å². The molecule has 0 fully saturated rings. The average molecular weight is 365 g/mol. The highest BCUT2D eigenvalue weighted by Crippen LogP contribution is 2.31. The fourth-order valence-electron chi connectivity index (χ4n) is 1.96. The summed E-state index contributed by atoms with van der Waals surface area (Å²) in [5.74, 6) is 0. The predicted molar refractivity (Wildman–Crippen MR) is 88.7 cm³/mol. The number of rotatable bonds is 5. The van der Waals surface area contributed by atoms with E-state index in [4.69, 9.17) is 28.9 Å². The van der Waals surface area contributed by atoms with E-state index in [0.29, 0.717) is 12.1 Å². The highest BCUT2D eigenvalue weighted by Gasteiger charge is 2.24. The van der Waals surface area contributed by atoms with Crippen LogP contribution in [0.2, 0.25) is 10.0 Å². The van der Waals surface area contributed by atoms with Gasteiger partial charge in [0.1, 0.15) is 4.90 Å². The first-order valence-corrected chi connectivity index (χ1v) is 9.25. The molecule has 0 saturated carbocycles. The van der Waals surface area contributed by atoms with E-state index in [0.717, 1.165) is 5.56 Å². The number of nitrogen functional groups attached to an aromatic ring is 1. The summed E-state index contributed by atoms with van der Waals surface area (Å²) in [6.07, 6.45) is 0.590. The Morgan fingerprint density at radius 1 is 1.33 bits per heavy atom. The Bertz CT molecular complexity index is 708. The second-order valence-electron chi connectivity index (χ2n) is 4.67. The van der Waals surface area contributed by atoms with Gasteiger partial charge >= 0.3 is 0 Å². The summed E-state index contributed by atoms with van der Waals surface area (Å²) in [4.78, 5) is -0.141. The van der Waals surface area contributed by atoms with Crippen LogP contribution < -0.4 is 10.5 Å². The van der Waals surface area contributed by atoms with Gasteiger partial charge in [0.15, 0.2) is 0 Å². The van der Waals surface area contributed by atoms with Crippen LogP contribution in [0.1, 0.15) is 12.5 Å².